The number of hydrogen-bond acceptors (Lipinski definition) is 1. The Bertz CT molecular complexity index is 305. The van der Waals surface area contributed by atoms with Gasteiger partial charge in [0.05, 0.1) is 26.7 Å². The fourth-order valence-corrected chi connectivity index (χ4v) is 4.49. The summed E-state index contributed by atoms with van der Waals surface area (Å²) < 4.78 is 1.32. The minimum absolute atomic E-state index is 0.633. The first kappa shape index (κ1) is 16.3. The Morgan fingerprint density at radius 1 is 1.25 bits per heavy atom. The summed E-state index contributed by atoms with van der Waals surface area (Å²) >= 11 is 0. The van der Waals surface area contributed by atoms with Crippen LogP contribution in [0.4, 0.5) is 0 Å². The van der Waals surface area contributed by atoms with Gasteiger partial charge in [0.25, 0.3) is 0 Å². The molecule has 2 nitrogen and oxygen atoms in total. The standard InChI is InChI=1S/C18H37N2/c1-6-18(4)8-10-19(11-9-18)13-17-7-12-20(5,15-17)14-16(2)3/h16-17H,6-15H2,1-5H3/q+1/t17-,20?/m0/s1. The second kappa shape index (κ2) is 6.36. The lowest BCUT2D eigenvalue weighted by Crippen LogP contribution is -2.46. The van der Waals surface area contributed by atoms with Gasteiger partial charge >= 0.3 is 0 Å². The summed E-state index contributed by atoms with van der Waals surface area (Å²) in [7, 11) is 2.48. The van der Waals surface area contributed by atoms with Crippen LogP contribution in [0.1, 0.15) is 53.4 Å². The van der Waals surface area contributed by atoms with Gasteiger partial charge in [0.2, 0.25) is 0 Å². The summed E-state index contributed by atoms with van der Waals surface area (Å²) in [5, 5.41) is 0. The molecule has 0 spiro atoms. The monoisotopic (exact) mass is 281 g/mol. The zero-order valence-corrected chi connectivity index (χ0v) is 14.6. The summed E-state index contributed by atoms with van der Waals surface area (Å²) in [5.41, 5.74) is 0.633. The molecule has 2 fully saturated rings. The van der Waals surface area contributed by atoms with Crippen LogP contribution in [0.15, 0.2) is 0 Å². The molecule has 0 radical (unpaired) electrons. The van der Waals surface area contributed by atoms with Gasteiger partial charge in [-0.1, -0.05) is 34.1 Å². The second-order valence-electron chi connectivity index (χ2n) is 8.72. The van der Waals surface area contributed by atoms with E-state index in [2.05, 4.69) is 39.6 Å². The van der Waals surface area contributed by atoms with Crippen molar-refractivity contribution in [1.82, 2.24) is 4.90 Å². The van der Waals surface area contributed by atoms with Gasteiger partial charge in [-0.2, -0.15) is 0 Å². The Balaban J connectivity index is 1.76. The minimum Gasteiger partial charge on any atom is -0.326 e. The van der Waals surface area contributed by atoms with E-state index in [1.165, 1.54) is 69.4 Å². The third-order valence-corrected chi connectivity index (χ3v) is 6.02. The van der Waals surface area contributed by atoms with Crippen LogP contribution in [0, 0.1) is 17.3 Å². The number of rotatable bonds is 5. The molecule has 0 aromatic carbocycles. The Hall–Kier alpha value is -0.0800. The molecule has 2 aliphatic heterocycles. The van der Waals surface area contributed by atoms with Gasteiger partial charge in [0, 0.05) is 24.8 Å². The molecule has 2 aliphatic rings. The van der Waals surface area contributed by atoms with E-state index in [0.717, 1.165) is 11.8 Å². The summed E-state index contributed by atoms with van der Waals surface area (Å²) in [5.74, 6) is 1.78. The molecule has 0 aromatic heterocycles. The molecule has 0 N–H and O–H groups in total. The fourth-order valence-electron chi connectivity index (χ4n) is 4.49. The predicted molar refractivity (Wildman–Crippen MR) is 87.8 cm³/mol. The van der Waals surface area contributed by atoms with E-state index in [0.29, 0.717) is 5.41 Å². The zero-order valence-electron chi connectivity index (χ0n) is 14.6. The van der Waals surface area contributed by atoms with Crippen LogP contribution in [0.3, 0.4) is 0 Å². The highest BCUT2D eigenvalue weighted by Crippen LogP contribution is 2.35. The van der Waals surface area contributed by atoms with E-state index in [-0.39, 0.29) is 0 Å². The van der Waals surface area contributed by atoms with Crippen LogP contribution < -0.4 is 0 Å². The number of nitrogens with zero attached hydrogens (tertiary/aromatic N) is 2. The first-order valence-electron chi connectivity index (χ1n) is 8.90. The van der Waals surface area contributed by atoms with Crippen molar-refractivity contribution >= 4 is 0 Å². The highest BCUT2D eigenvalue weighted by molar-refractivity contribution is 4.82. The molecule has 0 aromatic rings. The molecule has 0 amide bonds. The van der Waals surface area contributed by atoms with Gasteiger partial charge in [0.15, 0.2) is 0 Å². The maximum absolute atomic E-state index is 2.76. The quantitative estimate of drug-likeness (QED) is 0.696. The Labute approximate surface area is 127 Å². The van der Waals surface area contributed by atoms with Crippen LogP contribution in [-0.2, 0) is 0 Å². The predicted octanol–water partition coefficient (Wildman–Crippen LogP) is 3.62. The van der Waals surface area contributed by atoms with Crippen molar-refractivity contribution in [2.75, 3.05) is 46.3 Å². The molecule has 2 atom stereocenters. The Morgan fingerprint density at radius 2 is 1.90 bits per heavy atom. The molecule has 0 aliphatic carbocycles. The van der Waals surface area contributed by atoms with Gasteiger partial charge in [-0.3, -0.25) is 0 Å². The molecule has 0 saturated carbocycles. The largest absolute Gasteiger partial charge is 0.326 e. The summed E-state index contributed by atoms with van der Waals surface area (Å²) in [6, 6.07) is 0. The molecular formula is C18H37N2+. The Kier molecular flexibility index (Phi) is 5.18. The topological polar surface area (TPSA) is 3.24 Å². The second-order valence-corrected chi connectivity index (χ2v) is 8.72. The lowest BCUT2D eigenvalue weighted by atomic mass is 9.78. The van der Waals surface area contributed by atoms with E-state index < -0.39 is 0 Å². The lowest BCUT2D eigenvalue weighted by Gasteiger charge is -2.40. The first-order valence-corrected chi connectivity index (χ1v) is 8.90. The molecule has 2 saturated heterocycles. The first-order chi connectivity index (χ1) is 9.34. The molecule has 2 rings (SSSR count). The number of hydrogen-bond donors (Lipinski definition) is 0. The third kappa shape index (κ3) is 4.21. The molecule has 1 unspecified atom stereocenters. The van der Waals surface area contributed by atoms with Gasteiger partial charge in [-0.15, -0.1) is 0 Å². The van der Waals surface area contributed by atoms with E-state index in [4.69, 9.17) is 0 Å². The van der Waals surface area contributed by atoms with E-state index in [1.807, 2.05) is 0 Å². The summed E-state index contributed by atoms with van der Waals surface area (Å²) in [6.07, 6.45) is 5.63. The van der Waals surface area contributed by atoms with Crippen LogP contribution in [-0.4, -0.2) is 55.7 Å². The average molecular weight is 282 g/mol. The van der Waals surface area contributed by atoms with Gasteiger partial charge in [0.1, 0.15) is 0 Å². The van der Waals surface area contributed by atoms with Crippen LogP contribution in [0.5, 0.6) is 0 Å². The van der Waals surface area contributed by atoms with Crippen LogP contribution in [0.25, 0.3) is 0 Å². The van der Waals surface area contributed by atoms with Crippen molar-refractivity contribution in [3.05, 3.63) is 0 Å². The SMILES string of the molecule is CCC1(C)CCN(C[C@@H]2CC[N+](C)(CC(C)C)C2)CC1. The molecule has 20 heavy (non-hydrogen) atoms. The van der Waals surface area contributed by atoms with Gasteiger partial charge < -0.3 is 9.38 Å². The molecule has 2 heteroatoms. The molecular weight excluding hydrogens is 244 g/mol. The molecule has 118 valence electrons. The van der Waals surface area contributed by atoms with Crippen molar-refractivity contribution < 1.29 is 4.48 Å². The third-order valence-electron chi connectivity index (χ3n) is 6.02. The highest BCUT2D eigenvalue weighted by Gasteiger charge is 2.37. The van der Waals surface area contributed by atoms with E-state index >= 15 is 0 Å². The Morgan fingerprint density at radius 3 is 2.45 bits per heavy atom. The highest BCUT2D eigenvalue weighted by atomic mass is 15.4. The number of likely N-dealkylation sites (tertiary alicyclic amines) is 2. The van der Waals surface area contributed by atoms with E-state index in [1.54, 1.807) is 0 Å². The van der Waals surface area contributed by atoms with Crippen LogP contribution >= 0.6 is 0 Å². The fraction of sp³-hybridized carbons (Fsp3) is 1.00. The molecule has 0 bridgehead atoms. The van der Waals surface area contributed by atoms with Crippen molar-refractivity contribution in [2.45, 2.75) is 53.4 Å². The van der Waals surface area contributed by atoms with Crippen LogP contribution in [0.2, 0.25) is 0 Å². The van der Waals surface area contributed by atoms with Crippen molar-refractivity contribution in [1.29, 1.82) is 0 Å². The minimum atomic E-state index is 0.633. The number of quaternary nitrogens is 1. The maximum Gasteiger partial charge on any atom is 0.0827 e. The van der Waals surface area contributed by atoms with Crippen molar-refractivity contribution in [3.63, 3.8) is 0 Å². The summed E-state index contributed by atoms with van der Waals surface area (Å²) in [6.45, 7) is 17.8. The van der Waals surface area contributed by atoms with E-state index in [9.17, 15) is 0 Å². The normalized spacial score (nSPS) is 34.8. The smallest absolute Gasteiger partial charge is 0.0827 e. The average Bonchev–Trinajstić information content (AvgIpc) is 2.73. The van der Waals surface area contributed by atoms with Crippen molar-refractivity contribution in [3.8, 4) is 0 Å². The molecule has 2 heterocycles. The lowest BCUT2D eigenvalue weighted by molar-refractivity contribution is -0.901. The summed E-state index contributed by atoms with van der Waals surface area (Å²) in [4.78, 5) is 2.76. The zero-order chi connectivity index (χ0) is 14.8. The van der Waals surface area contributed by atoms with Gasteiger partial charge in [-0.25, -0.2) is 0 Å². The van der Waals surface area contributed by atoms with Crippen molar-refractivity contribution in [2.24, 2.45) is 17.3 Å². The number of piperidine rings is 1. The maximum atomic E-state index is 2.76. The van der Waals surface area contributed by atoms with Gasteiger partial charge in [-0.05, 0) is 31.3 Å².